The molecule has 0 aromatic heterocycles. The topological polar surface area (TPSA) is 95.1 Å². The summed E-state index contributed by atoms with van der Waals surface area (Å²) in [5.41, 5.74) is 1.55. The largest absolute Gasteiger partial charge is 0.338 e. The van der Waals surface area contributed by atoms with Crippen molar-refractivity contribution in [2.45, 2.75) is 31.6 Å². The number of hydrogen-bond donors (Lipinski definition) is 0. The fourth-order valence-corrected chi connectivity index (χ4v) is 5.07. The lowest BCUT2D eigenvalue weighted by Crippen LogP contribution is -2.53. The molecule has 0 radical (unpaired) electrons. The van der Waals surface area contributed by atoms with Crippen LogP contribution in [0.25, 0.3) is 0 Å². The molecule has 8 nitrogen and oxygen atoms in total. The number of piperazine rings is 1. The van der Waals surface area contributed by atoms with Gasteiger partial charge in [0.1, 0.15) is 6.54 Å². The van der Waals surface area contributed by atoms with Gasteiger partial charge in [-0.3, -0.25) is 19.3 Å². The lowest BCUT2D eigenvalue weighted by Gasteiger charge is -2.34. The van der Waals surface area contributed by atoms with Crippen molar-refractivity contribution in [1.29, 1.82) is 0 Å². The Balaban J connectivity index is 1.64. The minimum Gasteiger partial charge on any atom is -0.338 e. The van der Waals surface area contributed by atoms with Crippen LogP contribution in [0.5, 0.6) is 0 Å². The molecular formula is C18H23N3O5S. The maximum absolute atomic E-state index is 12.9. The molecule has 0 unspecified atom stereocenters. The van der Waals surface area contributed by atoms with Gasteiger partial charge in [-0.2, -0.15) is 4.31 Å². The van der Waals surface area contributed by atoms with Gasteiger partial charge < -0.3 is 4.90 Å². The van der Waals surface area contributed by atoms with E-state index in [0.29, 0.717) is 5.56 Å². The van der Waals surface area contributed by atoms with E-state index in [4.69, 9.17) is 0 Å². The maximum Gasteiger partial charge on any atom is 0.243 e. The number of rotatable bonds is 4. The fourth-order valence-electron chi connectivity index (χ4n) is 3.34. The summed E-state index contributed by atoms with van der Waals surface area (Å²) in [6.45, 7) is 4.18. The first-order chi connectivity index (χ1) is 12.7. The number of amides is 3. The van der Waals surface area contributed by atoms with Gasteiger partial charge in [0, 0.05) is 39.0 Å². The highest BCUT2D eigenvalue weighted by Gasteiger charge is 2.34. The Labute approximate surface area is 158 Å². The highest BCUT2D eigenvalue weighted by molar-refractivity contribution is 7.89. The maximum atomic E-state index is 12.9. The third-order valence-corrected chi connectivity index (χ3v) is 7.04. The summed E-state index contributed by atoms with van der Waals surface area (Å²) < 4.78 is 27.2. The molecular weight excluding hydrogens is 370 g/mol. The second-order valence-corrected chi connectivity index (χ2v) is 8.83. The number of likely N-dealkylation sites (tertiary alicyclic amines) is 1. The molecule has 2 aliphatic rings. The van der Waals surface area contributed by atoms with Crippen molar-refractivity contribution < 1.29 is 22.8 Å². The van der Waals surface area contributed by atoms with Gasteiger partial charge in [0.2, 0.25) is 27.7 Å². The molecule has 0 aliphatic carbocycles. The summed E-state index contributed by atoms with van der Waals surface area (Å²) in [5, 5.41) is 0. The molecule has 2 aliphatic heterocycles. The Hall–Kier alpha value is -2.26. The predicted octanol–water partition coefficient (Wildman–Crippen LogP) is 0.285. The zero-order valence-corrected chi connectivity index (χ0v) is 16.3. The molecule has 0 atom stereocenters. The smallest absolute Gasteiger partial charge is 0.243 e. The van der Waals surface area contributed by atoms with E-state index in [2.05, 4.69) is 0 Å². The van der Waals surface area contributed by atoms with Gasteiger partial charge in [-0.15, -0.1) is 0 Å². The molecule has 1 aromatic rings. The highest BCUT2D eigenvalue weighted by Crippen LogP contribution is 2.22. The number of benzene rings is 1. The van der Waals surface area contributed by atoms with Crippen LogP contribution in [0.3, 0.4) is 0 Å². The molecule has 1 aromatic carbocycles. The molecule has 3 amide bonds. The molecule has 146 valence electrons. The summed E-state index contributed by atoms with van der Waals surface area (Å²) >= 11 is 0. The lowest BCUT2D eigenvalue weighted by molar-refractivity contribution is -0.145. The molecule has 2 heterocycles. The van der Waals surface area contributed by atoms with Crippen LogP contribution in [0.4, 0.5) is 0 Å². The molecule has 0 bridgehead atoms. The third kappa shape index (κ3) is 3.89. The van der Waals surface area contributed by atoms with Gasteiger partial charge in [0.05, 0.1) is 4.90 Å². The highest BCUT2D eigenvalue weighted by atomic mass is 32.2. The average Bonchev–Trinajstić information content (AvgIpc) is 2.95. The number of imide groups is 1. The summed E-state index contributed by atoms with van der Waals surface area (Å²) in [6.07, 6.45) is 0.294. The first kappa shape index (κ1) is 19.5. The lowest BCUT2D eigenvalue weighted by atomic mass is 10.2. The van der Waals surface area contributed by atoms with E-state index in [0.717, 1.165) is 10.5 Å². The van der Waals surface area contributed by atoms with Crippen molar-refractivity contribution in [1.82, 2.24) is 14.1 Å². The zero-order valence-electron chi connectivity index (χ0n) is 15.5. The van der Waals surface area contributed by atoms with Crippen LogP contribution in [0, 0.1) is 13.8 Å². The number of aryl methyl sites for hydroxylation is 2. The fraction of sp³-hybridized carbons (Fsp3) is 0.500. The van der Waals surface area contributed by atoms with E-state index >= 15 is 0 Å². The van der Waals surface area contributed by atoms with Crippen LogP contribution in [-0.2, 0) is 24.4 Å². The molecule has 0 N–H and O–H groups in total. The number of sulfonamides is 1. The van der Waals surface area contributed by atoms with Gasteiger partial charge >= 0.3 is 0 Å². The SMILES string of the molecule is Cc1ccc(C)c(S(=O)(=O)N2CCN(C(=O)CN3C(=O)CCC3=O)CC2)c1. The Bertz CT molecular complexity index is 872. The summed E-state index contributed by atoms with van der Waals surface area (Å²) in [5.74, 6) is -0.989. The monoisotopic (exact) mass is 393 g/mol. The van der Waals surface area contributed by atoms with E-state index in [9.17, 15) is 22.8 Å². The number of carbonyl (C=O) groups excluding carboxylic acids is 3. The number of carbonyl (C=O) groups is 3. The molecule has 0 spiro atoms. The van der Waals surface area contributed by atoms with Crippen LogP contribution < -0.4 is 0 Å². The van der Waals surface area contributed by atoms with Crippen LogP contribution >= 0.6 is 0 Å². The van der Waals surface area contributed by atoms with Crippen molar-refractivity contribution in [3.63, 3.8) is 0 Å². The summed E-state index contributed by atoms with van der Waals surface area (Å²) in [4.78, 5) is 38.5. The van der Waals surface area contributed by atoms with Gasteiger partial charge in [-0.25, -0.2) is 8.42 Å². The van der Waals surface area contributed by atoms with Crippen molar-refractivity contribution in [2.75, 3.05) is 32.7 Å². The molecule has 3 rings (SSSR count). The molecule has 2 saturated heterocycles. The van der Waals surface area contributed by atoms with Crippen LogP contribution in [-0.4, -0.2) is 73.0 Å². The van der Waals surface area contributed by atoms with Crippen molar-refractivity contribution >= 4 is 27.7 Å². The average molecular weight is 393 g/mol. The standard InChI is InChI=1S/C18H23N3O5S/c1-13-3-4-14(2)15(11-13)27(25,26)20-9-7-19(8-10-20)18(24)12-21-16(22)5-6-17(21)23/h3-4,11H,5-10,12H2,1-2H3. The minimum atomic E-state index is -3.63. The summed E-state index contributed by atoms with van der Waals surface area (Å²) in [7, 11) is -3.63. The van der Waals surface area contributed by atoms with Gasteiger partial charge in [-0.1, -0.05) is 12.1 Å². The van der Waals surface area contributed by atoms with E-state index in [1.54, 1.807) is 19.1 Å². The Morgan fingerprint density at radius 3 is 2.19 bits per heavy atom. The Kier molecular flexibility index (Phi) is 5.34. The zero-order chi connectivity index (χ0) is 19.8. The van der Waals surface area contributed by atoms with Crippen molar-refractivity contribution in [3.8, 4) is 0 Å². The van der Waals surface area contributed by atoms with Crippen LogP contribution in [0.15, 0.2) is 23.1 Å². The second kappa shape index (κ2) is 7.40. The van der Waals surface area contributed by atoms with Gasteiger partial charge in [-0.05, 0) is 31.0 Å². The summed E-state index contributed by atoms with van der Waals surface area (Å²) in [6, 6.07) is 5.31. The first-order valence-corrected chi connectivity index (χ1v) is 10.3. The number of hydrogen-bond acceptors (Lipinski definition) is 5. The van der Waals surface area contributed by atoms with Gasteiger partial charge in [0.15, 0.2) is 0 Å². The van der Waals surface area contributed by atoms with E-state index < -0.39 is 10.0 Å². The normalized spacial score (nSPS) is 19.0. The predicted molar refractivity (Wildman–Crippen MR) is 97.2 cm³/mol. The number of nitrogens with zero attached hydrogens (tertiary/aromatic N) is 3. The van der Waals surface area contributed by atoms with Gasteiger partial charge in [0.25, 0.3) is 0 Å². The minimum absolute atomic E-state index is 0.147. The van der Waals surface area contributed by atoms with Crippen molar-refractivity contribution in [3.05, 3.63) is 29.3 Å². The Morgan fingerprint density at radius 1 is 1.00 bits per heavy atom. The first-order valence-electron chi connectivity index (χ1n) is 8.88. The third-order valence-electron chi connectivity index (χ3n) is 5.00. The van der Waals surface area contributed by atoms with Crippen LogP contribution in [0.1, 0.15) is 24.0 Å². The molecule has 2 fully saturated rings. The van der Waals surface area contributed by atoms with E-state index in [1.807, 2.05) is 13.0 Å². The Morgan fingerprint density at radius 2 is 1.59 bits per heavy atom. The molecule has 27 heavy (non-hydrogen) atoms. The van der Waals surface area contributed by atoms with E-state index in [-0.39, 0.29) is 68.2 Å². The van der Waals surface area contributed by atoms with Crippen LogP contribution in [0.2, 0.25) is 0 Å². The van der Waals surface area contributed by atoms with E-state index in [1.165, 1.54) is 9.21 Å². The second-order valence-electron chi connectivity index (χ2n) is 6.93. The molecule has 0 saturated carbocycles. The quantitative estimate of drug-likeness (QED) is 0.685. The van der Waals surface area contributed by atoms with Crippen molar-refractivity contribution in [2.24, 2.45) is 0 Å². The molecule has 9 heteroatoms.